The van der Waals surface area contributed by atoms with Crippen molar-refractivity contribution in [1.29, 1.82) is 5.26 Å². The SMILES string of the molecule is CCn1cncc1Cn1c(CN2CCC(n3ccc(OCc4ccc(C#N)cc4)n3)CC2)nc2ccc(C(=O)OC)cc21. The molecule has 220 valence electrons. The summed E-state index contributed by atoms with van der Waals surface area (Å²) in [5.74, 6) is 1.19. The Morgan fingerprint density at radius 2 is 1.91 bits per heavy atom. The molecule has 3 aromatic heterocycles. The molecular formula is C32H34N8O3. The van der Waals surface area contributed by atoms with Crippen LogP contribution in [0.5, 0.6) is 5.88 Å². The summed E-state index contributed by atoms with van der Waals surface area (Å²) in [5, 5.41) is 13.7. The van der Waals surface area contributed by atoms with Gasteiger partial charge in [0.05, 0.1) is 66.5 Å². The molecule has 0 amide bonds. The van der Waals surface area contributed by atoms with Gasteiger partial charge in [0.2, 0.25) is 5.88 Å². The van der Waals surface area contributed by atoms with Crippen LogP contribution in [0.25, 0.3) is 11.0 Å². The molecule has 0 saturated carbocycles. The lowest BCUT2D eigenvalue weighted by atomic mass is 10.1. The Balaban J connectivity index is 1.13. The van der Waals surface area contributed by atoms with Crippen molar-refractivity contribution >= 4 is 17.0 Å². The maximum absolute atomic E-state index is 12.3. The molecule has 0 bridgehead atoms. The average molecular weight is 579 g/mol. The van der Waals surface area contributed by atoms with Crippen LogP contribution in [0, 0.1) is 11.3 Å². The zero-order chi connectivity index (χ0) is 29.8. The first-order chi connectivity index (χ1) is 21.0. The molecule has 0 unspecified atom stereocenters. The molecule has 2 aromatic carbocycles. The second-order valence-corrected chi connectivity index (χ2v) is 10.7. The van der Waals surface area contributed by atoms with Crippen LogP contribution < -0.4 is 4.74 Å². The maximum Gasteiger partial charge on any atom is 0.337 e. The van der Waals surface area contributed by atoms with Gasteiger partial charge in [0.15, 0.2) is 0 Å². The van der Waals surface area contributed by atoms with Crippen LogP contribution in [0.2, 0.25) is 0 Å². The molecule has 1 aliphatic heterocycles. The topological polar surface area (TPSA) is 116 Å². The third-order valence-corrected chi connectivity index (χ3v) is 8.06. The largest absolute Gasteiger partial charge is 0.472 e. The van der Waals surface area contributed by atoms with Crippen molar-refractivity contribution in [3.05, 3.63) is 95.5 Å². The minimum atomic E-state index is -0.363. The number of nitrogens with zero attached hydrogens (tertiary/aromatic N) is 8. The first-order valence-electron chi connectivity index (χ1n) is 14.5. The van der Waals surface area contributed by atoms with Crippen molar-refractivity contribution in [3.8, 4) is 11.9 Å². The van der Waals surface area contributed by atoms with Crippen LogP contribution in [0.3, 0.4) is 0 Å². The number of benzene rings is 2. The monoisotopic (exact) mass is 578 g/mol. The van der Waals surface area contributed by atoms with E-state index in [2.05, 4.69) is 37.1 Å². The van der Waals surface area contributed by atoms with Crippen molar-refractivity contribution in [2.45, 2.75) is 52.0 Å². The highest BCUT2D eigenvalue weighted by Gasteiger charge is 2.24. The Bertz CT molecular complexity index is 1750. The molecule has 1 saturated heterocycles. The van der Waals surface area contributed by atoms with Gasteiger partial charge in [-0.15, -0.1) is 5.10 Å². The molecule has 0 atom stereocenters. The second kappa shape index (κ2) is 12.5. The van der Waals surface area contributed by atoms with Gasteiger partial charge in [-0.25, -0.2) is 14.8 Å². The molecule has 0 N–H and O–H groups in total. The van der Waals surface area contributed by atoms with Gasteiger partial charge < -0.3 is 18.6 Å². The molecule has 0 aliphatic carbocycles. The number of carbonyl (C=O) groups is 1. The van der Waals surface area contributed by atoms with E-state index in [1.807, 2.05) is 53.7 Å². The van der Waals surface area contributed by atoms with Crippen LogP contribution in [-0.4, -0.2) is 60.0 Å². The van der Waals surface area contributed by atoms with Gasteiger partial charge in [-0.05, 0) is 55.7 Å². The lowest BCUT2D eigenvalue weighted by Crippen LogP contribution is -2.35. The number of likely N-dealkylation sites (tertiary alicyclic amines) is 1. The summed E-state index contributed by atoms with van der Waals surface area (Å²) >= 11 is 0. The zero-order valence-corrected chi connectivity index (χ0v) is 24.4. The van der Waals surface area contributed by atoms with Crippen LogP contribution in [0.4, 0.5) is 0 Å². The molecule has 6 rings (SSSR count). The molecule has 11 nitrogen and oxygen atoms in total. The molecular weight excluding hydrogens is 544 g/mol. The van der Waals surface area contributed by atoms with Crippen molar-refractivity contribution in [2.75, 3.05) is 20.2 Å². The smallest absolute Gasteiger partial charge is 0.337 e. The quantitative estimate of drug-likeness (QED) is 0.221. The molecule has 5 aromatic rings. The summed E-state index contributed by atoms with van der Waals surface area (Å²) in [6, 6.07) is 17.2. The predicted octanol–water partition coefficient (Wildman–Crippen LogP) is 4.57. The Morgan fingerprint density at radius 3 is 2.65 bits per heavy atom. The fourth-order valence-electron chi connectivity index (χ4n) is 5.62. The minimum absolute atomic E-state index is 0.295. The van der Waals surface area contributed by atoms with Gasteiger partial charge in [0, 0.05) is 38.1 Å². The van der Waals surface area contributed by atoms with E-state index < -0.39 is 0 Å². The van der Waals surface area contributed by atoms with Gasteiger partial charge >= 0.3 is 5.97 Å². The number of hydrogen-bond donors (Lipinski definition) is 0. The molecule has 11 heteroatoms. The van der Waals surface area contributed by atoms with E-state index in [1.54, 1.807) is 18.2 Å². The predicted molar refractivity (Wildman–Crippen MR) is 159 cm³/mol. The highest BCUT2D eigenvalue weighted by Crippen LogP contribution is 2.26. The number of aromatic nitrogens is 6. The molecule has 0 radical (unpaired) electrons. The van der Waals surface area contributed by atoms with E-state index in [1.165, 1.54) is 7.11 Å². The number of ether oxygens (including phenoxy) is 2. The van der Waals surface area contributed by atoms with Crippen LogP contribution in [-0.2, 0) is 31.0 Å². The fourth-order valence-corrected chi connectivity index (χ4v) is 5.62. The first-order valence-corrected chi connectivity index (χ1v) is 14.5. The number of imidazole rings is 2. The number of piperidine rings is 1. The van der Waals surface area contributed by atoms with Crippen molar-refractivity contribution < 1.29 is 14.3 Å². The number of methoxy groups -OCH3 is 1. The lowest BCUT2D eigenvalue weighted by molar-refractivity contribution is 0.0601. The number of esters is 1. The van der Waals surface area contributed by atoms with Gasteiger partial charge in [0.25, 0.3) is 0 Å². The van der Waals surface area contributed by atoms with E-state index in [-0.39, 0.29) is 5.97 Å². The number of fused-ring (bicyclic) bond motifs is 1. The summed E-state index contributed by atoms with van der Waals surface area (Å²) in [7, 11) is 1.40. The van der Waals surface area contributed by atoms with Gasteiger partial charge in [0.1, 0.15) is 12.4 Å². The standard InChI is InChI=1S/C32H34N8O3/c1-3-38-22-34-18-27(38)19-39-29-16-25(32(41)42-2)8-9-28(29)35-30(39)20-37-13-10-26(11-14-37)40-15-12-31(36-40)43-21-24-6-4-23(17-33)5-7-24/h4-9,12,15-16,18,22,26H,3,10-11,13-14,19-21H2,1-2H3. The number of aryl methyl sites for hydroxylation is 1. The van der Waals surface area contributed by atoms with E-state index in [4.69, 9.17) is 19.7 Å². The molecule has 0 spiro atoms. The van der Waals surface area contributed by atoms with Crippen molar-refractivity contribution in [3.63, 3.8) is 0 Å². The van der Waals surface area contributed by atoms with Gasteiger partial charge in [-0.2, -0.15) is 5.26 Å². The maximum atomic E-state index is 12.3. The molecule has 1 aliphatic rings. The fraction of sp³-hybridized carbons (Fsp3) is 0.344. The third kappa shape index (κ3) is 6.15. The third-order valence-electron chi connectivity index (χ3n) is 8.06. The van der Waals surface area contributed by atoms with Crippen LogP contribution in [0.15, 0.2) is 67.3 Å². The number of carbonyl (C=O) groups excluding carboxylic acids is 1. The van der Waals surface area contributed by atoms with Crippen molar-refractivity contribution in [1.82, 2.24) is 33.8 Å². The summed E-state index contributed by atoms with van der Waals surface area (Å²) in [4.78, 5) is 24.1. The van der Waals surface area contributed by atoms with Crippen molar-refractivity contribution in [2.24, 2.45) is 0 Å². The summed E-state index contributed by atoms with van der Waals surface area (Å²) < 4.78 is 17.2. The number of rotatable bonds is 10. The highest BCUT2D eigenvalue weighted by molar-refractivity contribution is 5.93. The summed E-state index contributed by atoms with van der Waals surface area (Å²) in [6.07, 6.45) is 7.65. The first kappa shape index (κ1) is 28.2. The van der Waals surface area contributed by atoms with Gasteiger partial charge in [-0.1, -0.05) is 12.1 Å². The molecule has 4 heterocycles. The van der Waals surface area contributed by atoms with E-state index >= 15 is 0 Å². The summed E-state index contributed by atoms with van der Waals surface area (Å²) in [5.41, 5.74) is 4.97. The Hall–Kier alpha value is -4.95. The second-order valence-electron chi connectivity index (χ2n) is 10.7. The van der Waals surface area contributed by atoms with E-state index in [0.29, 0.717) is 42.7 Å². The minimum Gasteiger partial charge on any atom is -0.472 e. The Morgan fingerprint density at radius 1 is 1.09 bits per heavy atom. The Kier molecular flexibility index (Phi) is 8.20. The summed E-state index contributed by atoms with van der Waals surface area (Å²) in [6.45, 7) is 6.47. The van der Waals surface area contributed by atoms with Crippen LogP contribution in [0.1, 0.15) is 58.8 Å². The zero-order valence-electron chi connectivity index (χ0n) is 24.4. The molecule has 1 fully saturated rings. The number of nitriles is 1. The van der Waals surface area contributed by atoms with E-state index in [0.717, 1.165) is 60.6 Å². The molecule has 43 heavy (non-hydrogen) atoms. The average Bonchev–Trinajstić information content (AvgIpc) is 3.79. The highest BCUT2D eigenvalue weighted by atomic mass is 16.5. The normalized spacial score (nSPS) is 14.2. The van der Waals surface area contributed by atoms with E-state index in [9.17, 15) is 4.79 Å². The van der Waals surface area contributed by atoms with Crippen LogP contribution >= 0.6 is 0 Å². The lowest BCUT2D eigenvalue weighted by Gasteiger charge is -2.31. The number of hydrogen-bond acceptors (Lipinski definition) is 8. The Labute approximate surface area is 249 Å². The van der Waals surface area contributed by atoms with Gasteiger partial charge in [-0.3, -0.25) is 9.58 Å².